The Kier molecular flexibility index (Phi) is 5.53. The number of benzene rings is 1. The Hall–Kier alpha value is -2.83. The molecule has 0 spiro atoms. The van der Waals surface area contributed by atoms with Gasteiger partial charge in [0, 0.05) is 17.6 Å². The Labute approximate surface area is 131 Å². The van der Waals surface area contributed by atoms with Crippen LogP contribution in [-0.2, 0) is 5.75 Å². The van der Waals surface area contributed by atoms with Crippen molar-refractivity contribution in [2.24, 2.45) is 0 Å². The Balaban J connectivity index is 2.17. The second-order valence-electron chi connectivity index (χ2n) is 4.17. The maximum Gasteiger partial charge on any atom is 0.159 e. The summed E-state index contributed by atoms with van der Waals surface area (Å²) < 4.78 is 12.9. The molecule has 0 bridgehead atoms. The van der Waals surface area contributed by atoms with Crippen LogP contribution >= 0.6 is 11.8 Å². The number of aromatic nitrogens is 1. The monoisotopic (exact) mass is 310 g/mol. The van der Waals surface area contributed by atoms with Gasteiger partial charge in [0.25, 0.3) is 0 Å². The van der Waals surface area contributed by atoms with Crippen LogP contribution in [0.1, 0.15) is 5.69 Å². The first-order valence-corrected chi connectivity index (χ1v) is 7.31. The first-order valence-electron chi connectivity index (χ1n) is 6.32. The van der Waals surface area contributed by atoms with Gasteiger partial charge >= 0.3 is 0 Å². The third-order valence-electron chi connectivity index (χ3n) is 2.64. The third kappa shape index (κ3) is 4.34. The normalized spacial score (nSPS) is 9.41. The smallest absolute Gasteiger partial charge is 0.159 e. The van der Waals surface area contributed by atoms with E-state index in [1.165, 1.54) is 23.9 Å². The van der Waals surface area contributed by atoms with Crippen molar-refractivity contribution in [3.05, 3.63) is 70.8 Å². The number of thioether (sulfide) groups is 1. The highest BCUT2D eigenvalue weighted by molar-refractivity contribution is 8.02. The molecule has 4 nitrogen and oxygen atoms in total. The zero-order chi connectivity index (χ0) is 15.8. The molecular weight excluding hydrogens is 299 g/mol. The second kappa shape index (κ2) is 7.82. The molecular formula is C16H11FN4S. The molecule has 22 heavy (non-hydrogen) atoms. The van der Waals surface area contributed by atoms with Crippen LogP contribution < -0.4 is 5.32 Å². The summed E-state index contributed by atoms with van der Waals surface area (Å²) >= 11 is 1.30. The van der Waals surface area contributed by atoms with Gasteiger partial charge in [0.05, 0.1) is 5.69 Å². The van der Waals surface area contributed by atoms with E-state index in [1.54, 1.807) is 18.3 Å². The molecule has 0 saturated carbocycles. The number of nitrogens with zero attached hydrogens (tertiary/aromatic N) is 3. The van der Waals surface area contributed by atoms with Gasteiger partial charge in [-0.25, -0.2) is 4.39 Å². The van der Waals surface area contributed by atoms with Crippen molar-refractivity contribution in [2.45, 2.75) is 5.75 Å². The van der Waals surface area contributed by atoms with E-state index in [1.807, 2.05) is 30.3 Å². The highest BCUT2D eigenvalue weighted by Crippen LogP contribution is 2.25. The minimum absolute atomic E-state index is 0.0229. The van der Waals surface area contributed by atoms with Crippen LogP contribution in [0.3, 0.4) is 0 Å². The summed E-state index contributed by atoms with van der Waals surface area (Å²) in [6.45, 7) is 0. The van der Waals surface area contributed by atoms with E-state index in [0.29, 0.717) is 16.5 Å². The van der Waals surface area contributed by atoms with Gasteiger partial charge in [-0.3, -0.25) is 4.98 Å². The molecule has 0 radical (unpaired) electrons. The summed E-state index contributed by atoms with van der Waals surface area (Å²) in [5.41, 5.74) is 1.42. The number of anilines is 1. The molecule has 1 aromatic carbocycles. The van der Waals surface area contributed by atoms with Crippen LogP contribution in [-0.4, -0.2) is 4.98 Å². The topological polar surface area (TPSA) is 72.5 Å². The predicted molar refractivity (Wildman–Crippen MR) is 83.8 cm³/mol. The van der Waals surface area contributed by atoms with Crippen molar-refractivity contribution in [2.75, 3.05) is 5.32 Å². The lowest BCUT2D eigenvalue weighted by Gasteiger charge is -2.10. The average Bonchev–Trinajstić information content (AvgIpc) is 2.56. The summed E-state index contributed by atoms with van der Waals surface area (Å²) in [5, 5.41) is 21.5. The van der Waals surface area contributed by atoms with E-state index in [9.17, 15) is 4.39 Å². The molecule has 0 amide bonds. The lowest BCUT2D eigenvalue weighted by atomic mass is 10.3. The van der Waals surface area contributed by atoms with Crippen LogP contribution in [0, 0.1) is 28.5 Å². The van der Waals surface area contributed by atoms with Gasteiger partial charge in [-0.15, -0.1) is 0 Å². The maximum absolute atomic E-state index is 12.9. The lowest BCUT2D eigenvalue weighted by Crippen LogP contribution is -2.00. The molecule has 0 fully saturated rings. The van der Waals surface area contributed by atoms with Crippen LogP contribution in [0.4, 0.5) is 10.1 Å². The fourth-order valence-electron chi connectivity index (χ4n) is 1.59. The van der Waals surface area contributed by atoms with Crippen molar-refractivity contribution >= 4 is 17.4 Å². The zero-order valence-corrected chi connectivity index (χ0v) is 12.3. The summed E-state index contributed by atoms with van der Waals surface area (Å²) in [6.07, 6.45) is 1.68. The average molecular weight is 310 g/mol. The number of pyridine rings is 1. The van der Waals surface area contributed by atoms with Crippen LogP contribution in [0.25, 0.3) is 0 Å². The standard InChI is InChI=1S/C16H11FN4S/c17-13-4-6-14(7-5-13)21-16(12(9-18)10-19)22-11-15-3-1-2-8-20-15/h1-8,21H,11H2. The van der Waals surface area contributed by atoms with E-state index in [-0.39, 0.29) is 11.4 Å². The first-order chi connectivity index (χ1) is 10.7. The van der Waals surface area contributed by atoms with E-state index >= 15 is 0 Å². The summed E-state index contributed by atoms with van der Waals surface area (Å²) in [6, 6.07) is 15.0. The van der Waals surface area contributed by atoms with Gasteiger partial charge in [0.2, 0.25) is 0 Å². The van der Waals surface area contributed by atoms with Gasteiger partial charge in [-0.2, -0.15) is 10.5 Å². The van der Waals surface area contributed by atoms with Gasteiger partial charge in [-0.1, -0.05) is 17.8 Å². The molecule has 1 aromatic heterocycles. The van der Waals surface area contributed by atoms with Gasteiger partial charge < -0.3 is 5.32 Å². The number of nitriles is 2. The quantitative estimate of drug-likeness (QED) is 0.850. The maximum atomic E-state index is 12.9. The SMILES string of the molecule is N#CC(C#N)=C(Nc1ccc(F)cc1)SCc1ccccn1. The van der Waals surface area contributed by atoms with Gasteiger partial charge in [0.15, 0.2) is 5.57 Å². The minimum atomic E-state index is -0.349. The zero-order valence-electron chi connectivity index (χ0n) is 11.5. The van der Waals surface area contributed by atoms with Crippen molar-refractivity contribution in [1.29, 1.82) is 10.5 Å². The molecule has 1 N–H and O–H groups in total. The van der Waals surface area contributed by atoms with Crippen LogP contribution in [0.5, 0.6) is 0 Å². The Morgan fingerprint density at radius 2 is 1.86 bits per heavy atom. The van der Waals surface area contributed by atoms with E-state index in [2.05, 4.69) is 10.3 Å². The number of rotatable bonds is 5. The second-order valence-corrected chi connectivity index (χ2v) is 5.15. The summed E-state index contributed by atoms with van der Waals surface area (Å²) in [7, 11) is 0. The van der Waals surface area contributed by atoms with Crippen molar-refractivity contribution in [3.8, 4) is 12.1 Å². The number of hydrogen-bond acceptors (Lipinski definition) is 5. The van der Waals surface area contributed by atoms with Crippen LogP contribution in [0.2, 0.25) is 0 Å². The largest absolute Gasteiger partial charge is 0.349 e. The van der Waals surface area contributed by atoms with E-state index in [0.717, 1.165) is 5.69 Å². The molecule has 108 valence electrons. The molecule has 0 aliphatic carbocycles. The first kappa shape index (κ1) is 15.6. The summed E-state index contributed by atoms with van der Waals surface area (Å²) in [5.74, 6) is 0.162. The van der Waals surface area contributed by atoms with E-state index in [4.69, 9.17) is 10.5 Å². The van der Waals surface area contributed by atoms with Gasteiger partial charge in [-0.05, 0) is 36.4 Å². The molecule has 1 heterocycles. The molecule has 0 atom stereocenters. The lowest BCUT2D eigenvalue weighted by molar-refractivity contribution is 0.628. The van der Waals surface area contributed by atoms with Crippen molar-refractivity contribution in [3.63, 3.8) is 0 Å². The molecule has 2 rings (SSSR count). The fraction of sp³-hybridized carbons (Fsp3) is 0.0625. The number of allylic oxidation sites excluding steroid dienone is 1. The molecule has 0 aliphatic heterocycles. The Morgan fingerprint density at radius 1 is 1.14 bits per heavy atom. The molecule has 2 aromatic rings. The Bertz CT molecular complexity index is 726. The third-order valence-corrected chi connectivity index (χ3v) is 3.68. The predicted octanol–water partition coefficient (Wildman–Crippen LogP) is 3.82. The number of halogens is 1. The van der Waals surface area contributed by atoms with Crippen molar-refractivity contribution in [1.82, 2.24) is 4.98 Å². The number of hydrogen-bond donors (Lipinski definition) is 1. The highest BCUT2D eigenvalue weighted by Gasteiger charge is 2.09. The Morgan fingerprint density at radius 3 is 2.45 bits per heavy atom. The molecule has 0 aliphatic rings. The summed E-state index contributed by atoms with van der Waals surface area (Å²) in [4.78, 5) is 4.19. The van der Waals surface area contributed by atoms with Gasteiger partial charge in [0.1, 0.15) is 23.0 Å². The van der Waals surface area contributed by atoms with Crippen molar-refractivity contribution < 1.29 is 4.39 Å². The number of nitrogens with one attached hydrogen (secondary N) is 1. The molecule has 6 heteroatoms. The van der Waals surface area contributed by atoms with Crippen LogP contribution in [0.15, 0.2) is 59.3 Å². The van der Waals surface area contributed by atoms with E-state index < -0.39 is 0 Å². The molecule has 0 saturated heterocycles. The highest BCUT2D eigenvalue weighted by atomic mass is 32.2. The molecule has 0 unspecified atom stereocenters. The minimum Gasteiger partial charge on any atom is -0.349 e. The fourth-order valence-corrected chi connectivity index (χ4v) is 2.48.